The average Bonchev–Trinajstić information content (AvgIpc) is 2.48. The maximum Gasteiger partial charge on any atom is 0.191 e. The van der Waals surface area contributed by atoms with Crippen molar-refractivity contribution in [3.63, 3.8) is 0 Å². The Bertz CT molecular complexity index is 248. The van der Waals surface area contributed by atoms with Gasteiger partial charge in [-0.3, -0.25) is 4.99 Å². The Hall–Kier alpha value is -0.0800. The molecule has 0 aliphatic carbocycles. The zero-order valence-corrected chi connectivity index (χ0v) is 16.9. The van der Waals surface area contributed by atoms with Crippen LogP contribution < -0.4 is 10.6 Å². The zero-order valence-electron chi connectivity index (χ0n) is 14.6. The van der Waals surface area contributed by atoms with E-state index < -0.39 is 0 Å². The van der Waals surface area contributed by atoms with E-state index in [2.05, 4.69) is 36.4 Å². The first-order valence-corrected chi connectivity index (χ1v) is 8.49. The first kappa shape index (κ1) is 24.2. The van der Waals surface area contributed by atoms with Gasteiger partial charge in [-0.2, -0.15) is 0 Å². The van der Waals surface area contributed by atoms with E-state index in [0.29, 0.717) is 12.5 Å². The summed E-state index contributed by atoms with van der Waals surface area (Å²) in [6.45, 7) is 10.6. The Labute approximate surface area is 153 Å². The van der Waals surface area contributed by atoms with E-state index in [1.54, 1.807) is 0 Å². The molecule has 0 aromatic carbocycles. The molecule has 134 valence electrons. The number of aliphatic hydroxyl groups excluding tert-OH is 1. The maximum atomic E-state index is 9.08. The number of aliphatic imine (C=N–C) groups is 1. The van der Waals surface area contributed by atoms with Crippen molar-refractivity contribution in [2.45, 2.75) is 52.9 Å². The number of hydrogen-bond donors (Lipinski definition) is 3. The fourth-order valence-corrected chi connectivity index (χ4v) is 2.07. The summed E-state index contributed by atoms with van der Waals surface area (Å²) in [6, 6.07) is 0. The third kappa shape index (κ3) is 14.8. The standard InChI is InChI=1S/C16H35N3O2.HI/c1-4-7-12-21-13-10-18-16(17-6-3)19-14-15(8-5-2)9-11-20;/h15,20H,4-14H2,1-3H3,(H2,17,18,19);1H. The van der Waals surface area contributed by atoms with Gasteiger partial charge in [-0.05, 0) is 32.1 Å². The van der Waals surface area contributed by atoms with E-state index in [4.69, 9.17) is 9.84 Å². The highest BCUT2D eigenvalue weighted by Crippen LogP contribution is 2.10. The van der Waals surface area contributed by atoms with Crippen molar-refractivity contribution in [1.29, 1.82) is 0 Å². The molecule has 0 amide bonds. The molecule has 0 spiro atoms. The number of aliphatic hydroxyl groups is 1. The lowest BCUT2D eigenvalue weighted by Gasteiger charge is -2.15. The van der Waals surface area contributed by atoms with Crippen molar-refractivity contribution < 1.29 is 9.84 Å². The second kappa shape index (κ2) is 19.0. The van der Waals surface area contributed by atoms with Gasteiger partial charge in [0.05, 0.1) is 6.61 Å². The smallest absolute Gasteiger partial charge is 0.191 e. The van der Waals surface area contributed by atoms with Gasteiger partial charge in [0, 0.05) is 32.8 Å². The molecule has 0 heterocycles. The van der Waals surface area contributed by atoms with Gasteiger partial charge in [0.2, 0.25) is 0 Å². The fraction of sp³-hybridized carbons (Fsp3) is 0.938. The van der Waals surface area contributed by atoms with E-state index in [1.165, 1.54) is 6.42 Å². The summed E-state index contributed by atoms with van der Waals surface area (Å²) in [4.78, 5) is 4.61. The second-order valence-electron chi connectivity index (χ2n) is 5.28. The van der Waals surface area contributed by atoms with Gasteiger partial charge in [0.25, 0.3) is 0 Å². The van der Waals surface area contributed by atoms with Gasteiger partial charge >= 0.3 is 0 Å². The van der Waals surface area contributed by atoms with Crippen molar-refractivity contribution in [2.24, 2.45) is 10.9 Å². The van der Waals surface area contributed by atoms with Gasteiger partial charge in [0.1, 0.15) is 0 Å². The molecular weight excluding hydrogens is 393 g/mol. The van der Waals surface area contributed by atoms with E-state index in [-0.39, 0.29) is 30.6 Å². The number of nitrogens with zero attached hydrogens (tertiary/aromatic N) is 1. The number of hydrogen-bond acceptors (Lipinski definition) is 3. The molecule has 0 aromatic rings. The van der Waals surface area contributed by atoms with Crippen LogP contribution >= 0.6 is 24.0 Å². The van der Waals surface area contributed by atoms with Crippen LogP contribution in [-0.2, 0) is 4.74 Å². The highest BCUT2D eigenvalue weighted by Gasteiger charge is 2.07. The van der Waals surface area contributed by atoms with E-state index >= 15 is 0 Å². The summed E-state index contributed by atoms with van der Waals surface area (Å²) >= 11 is 0. The maximum absolute atomic E-state index is 9.08. The minimum Gasteiger partial charge on any atom is -0.396 e. The molecule has 5 nitrogen and oxygen atoms in total. The van der Waals surface area contributed by atoms with Crippen molar-refractivity contribution >= 4 is 29.9 Å². The van der Waals surface area contributed by atoms with Crippen LogP contribution in [0.1, 0.15) is 52.9 Å². The molecule has 1 unspecified atom stereocenters. The monoisotopic (exact) mass is 429 g/mol. The summed E-state index contributed by atoms with van der Waals surface area (Å²) in [5.74, 6) is 1.31. The van der Waals surface area contributed by atoms with E-state index in [1.807, 2.05) is 0 Å². The molecule has 0 aliphatic rings. The number of halogens is 1. The van der Waals surface area contributed by atoms with E-state index in [9.17, 15) is 0 Å². The normalized spacial score (nSPS) is 12.6. The fourth-order valence-electron chi connectivity index (χ4n) is 2.07. The second-order valence-corrected chi connectivity index (χ2v) is 5.28. The first-order valence-electron chi connectivity index (χ1n) is 8.49. The van der Waals surface area contributed by atoms with Crippen molar-refractivity contribution in [3.05, 3.63) is 0 Å². The van der Waals surface area contributed by atoms with Crippen LogP contribution in [0.3, 0.4) is 0 Å². The predicted octanol–water partition coefficient (Wildman–Crippen LogP) is 2.77. The van der Waals surface area contributed by atoms with Gasteiger partial charge < -0.3 is 20.5 Å². The van der Waals surface area contributed by atoms with Gasteiger partial charge in [-0.15, -0.1) is 24.0 Å². The Balaban J connectivity index is 0. The van der Waals surface area contributed by atoms with Gasteiger partial charge in [-0.25, -0.2) is 0 Å². The van der Waals surface area contributed by atoms with Gasteiger partial charge in [-0.1, -0.05) is 26.7 Å². The van der Waals surface area contributed by atoms with Crippen LogP contribution in [0.4, 0.5) is 0 Å². The molecule has 0 aromatic heterocycles. The lowest BCUT2D eigenvalue weighted by Crippen LogP contribution is -2.39. The number of guanidine groups is 1. The Morgan fingerprint density at radius 1 is 1.09 bits per heavy atom. The average molecular weight is 429 g/mol. The van der Waals surface area contributed by atoms with Crippen LogP contribution in [-0.4, -0.2) is 50.5 Å². The molecule has 0 saturated carbocycles. The van der Waals surface area contributed by atoms with Crippen molar-refractivity contribution in [3.8, 4) is 0 Å². The molecule has 0 aliphatic heterocycles. The Morgan fingerprint density at radius 3 is 2.45 bits per heavy atom. The summed E-state index contributed by atoms with van der Waals surface area (Å²) < 4.78 is 5.53. The number of nitrogens with one attached hydrogen (secondary N) is 2. The third-order valence-electron chi connectivity index (χ3n) is 3.27. The van der Waals surface area contributed by atoms with Gasteiger partial charge in [0.15, 0.2) is 5.96 Å². The minimum atomic E-state index is 0. The van der Waals surface area contributed by atoms with Crippen LogP contribution in [0.25, 0.3) is 0 Å². The van der Waals surface area contributed by atoms with Crippen molar-refractivity contribution in [2.75, 3.05) is 39.5 Å². The van der Waals surface area contributed by atoms with Crippen molar-refractivity contribution in [1.82, 2.24) is 10.6 Å². The van der Waals surface area contributed by atoms with Crippen LogP contribution in [0.2, 0.25) is 0 Å². The first-order chi connectivity index (χ1) is 10.3. The molecular formula is C16H36IN3O2. The lowest BCUT2D eigenvalue weighted by molar-refractivity contribution is 0.136. The number of rotatable bonds is 13. The lowest BCUT2D eigenvalue weighted by atomic mass is 10.0. The summed E-state index contributed by atoms with van der Waals surface area (Å²) in [5.41, 5.74) is 0. The highest BCUT2D eigenvalue weighted by atomic mass is 127. The summed E-state index contributed by atoms with van der Waals surface area (Å²) in [6.07, 6.45) is 5.37. The van der Waals surface area contributed by atoms with Crippen LogP contribution in [0.5, 0.6) is 0 Å². The number of ether oxygens (including phenoxy) is 1. The molecule has 0 bridgehead atoms. The van der Waals surface area contributed by atoms with Crippen LogP contribution in [0, 0.1) is 5.92 Å². The Morgan fingerprint density at radius 2 is 1.86 bits per heavy atom. The molecule has 1 atom stereocenters. The number of unbranched alkanes of at least 4 members (excludes halogenated alkanes) is 1. The highest BCUT2D eigenvalue weighted by molar-refractivity contribution is 14.0. The van der Waals surface area contributed by atoms with Crippen LogP contribution in [0.15, 0.2) is 4.99 Å². The Kier molecular flexibility index (Phi) is 20.8. The molecule has 6 heteroatoms. The molecule has 0 radical (unpaired) electrons. The molecule has 0 saturated heterocycles. The predicted molar refractivity (Wildman–Crippen MR) is 105 cm³/mol. The molecule has 0 rings (SSSR count). The molecule has 3 N–H and O–H groups in total. The minimum absolute atomic E-state index is 0. The summed E-state index contributed by atoms with van der Waals surface area (Å²) in [5, 5.41) is 15.6. The largest absolute Gasteiger partial charge is 0.396 e. The zero-order chi connectivity index (χ0) is 15.8. The topological polar surface area (TPSA) is 65.9 Å². The SMILES string of the molecule is CCCCOCCNC(=NCC(CCC)CCO)NCC.I. The van der Waals surface area contributed by atoms with E-state index in [0.717, 1.165) is 57.9 Å². The molecule has 0 fully saturated rings. The molecule has 22 heavy (non-hydrogen) atoms. The quantitative estimate of drug-likeness (QED) is 0.182. The third-order valence-corrected chi connectivity index (χ3v) is 3.27. The summed E-state index contributed by atoms with van der Waals surface area (Å²) in [7, 11) is 0.